The Balaban J connectivity index is 1.44. The standard InChI is InChI=1S/C20H24N4O3/c25-20(22-18-8-10-19(11-9-18)24(26)27)21-14-16-4-6-17(7-5-16)15-23-12-2-1-3-13-23/h4-11H,1-3,12-15H2,(H2,21,22,25). The summed E-state index contributed by atoms with van der Waals surface area (Å²) in [5, 5.41) is 16.1. The van der Waals surface area contributed by atoms with Crippen molar-refractivity contribution in [1.82, 2.24) is 10.2 Å². The molecule has 0 spiro atoms. The van der Waals surface area contributed by atoms with Crippen molar-refractivity contribution < 1.29 is 9.72 Å². The summed E-state index contributed by atoms with van der Waals surface area (Å²) in [4.78, 5) is 24.6. The first kappa shape index (κ1) is 18.8. The predicted octanol–water partition coefficient (Wildman–Crippen LogP) is 3.90. The zero-order valence-electron chi connectivity index (χ0n) is 15.2. The number of carbonyl (C=O) groups is 1. The van der Waals surface area contributed by atoms with Crippen molar-refractivity contribution >= 4 is 17.4 Å². The molecule has 3 rings (SSSR count). The lowest BCUT2D eigenvalue weighted by atomic mass is 10.1. The number of nitrogens with one attached hydrogen (secondary N) is 2. The van der Waals surface area contributed by atoms with E-state index in [1.807, 2.05) is 12.1 Å². The van der Waals surface area contributed by atoms with Gasteiger partial charge >= 0.3 is 6.03 Å². The zero-order chi connectivity index (χ0) is 19.1. The second kappa shape index (κ2) is 9.14. The van der Waals surface area contributed by atoms with Crippen molar-refractivity contribution in [2.45, 2.75) is 32.4 Å². The number of carbonyl (C=O) groups excluding carboxylic acids is 1. The number of urea groups is 1. The van der Waals surface area contributed by atoms with Gasteiger partial charge in [-0.15, -0.1) is 0 Å². The van der Waals surface area contributed by atoms with E-state index in [0.717, 1.165) is 12.1 Å². The van der Waals surface area contributed by atoms with E-state index in [9.17, 15) is 14.9 Å². The Bertz CT molecular complexity index is 769. The van der Waals surface area contributed by atoms with Gasteiger partial charge in [-0.2, -0.15) is 0 Å². The number of piperidine rings is 1. The van der Waals surface area contributed by atoms with Gasteiger partial charge in [0.2, 0.25) is 0 Å². The second-order valence-corrected chi connectivity index (χ2v) is 6.76. The predicted molar refractivity (Wildman–Crippen MR) is 105 cm³/mol. The number of non-ortho nitro benzene ring substituents is 1. The summed E-state index contributed by atoms with van der Waals surface area (Å²) in [7, 11) is 0. The fourth-order valence-electron chi connectivity index (χ4n) is 3.16. The molecule has 0 saturated carbocycles. The van der Waals surface area contributed by atoms with Crippen LogP contribution in [-0.2, 0) is 13.1 Å². The van der Waals surface area contributed by atoms with E-state index >= 15 is 0 Å². The van der Waals surface area contributed by atoms with Crippen molar-refractivity contribution in [2.24, 2.45) is 0 Å². The molecule has 2 N–H and O–H groups in total. The fourth-order valence-corrected chi connectivity index (χ4v) is 3.16. The summed E-state index contributed by atoms with van der Waals surface area (Å²) in [5.74, 6) is 0. The summed E-state index contributed by atoms with van der Waals surface area (Å²) in [6.07, 6.45) is 3.90. The normalized spacial score (nSPS) is 14.5. The first-order chi connectivity index (χ1) is 13.1. The molecule has 0 atom stereocenters. The zero-order valence-corrected chi connectivity index (χ0v) is 15.2. The third kappa shape index (κ3) is 5.79. The van der Waals surface area contributed by atoms with Crippen LogP contribution < -0.4 is 10.6 Å². The van der Waals surface area contributed by atoms with Gasteiger partial charge in [0.1, 0.15) is 0 Å². The number of anilines is 1. The van der Waals surface area contributed by atoms with Crippen LogP contribution in [0.2, 0.25) is 0 Å². The van der Waals surface area contributed by atoms with Gasteiger partial charge in [-0.3, -0.25) is 15.0 Å². The number of amides is 2. The Labute approximate surface area is 158 Å². The number of benzene rings is 2. The van der Waals surface area contributed by atoms with Crippen molar-refractivity contribution in [3.63, 3.8) is 0 Å². The van der Waals surface area contributed by atoms with Crippen LogP contribution in [-0.4, -0.2) is 28.9 Å². The number of hydrogen-bond acceptors (Lipinski definition) is 4. The number of rotatable bonds is 6. The molecule has 1 aliphatic heterocycles. The lowest BCUT2D eigenvalue weighted by Gasteiger charge is -2.26. The molecule has 2 amide bonds. The first-order valence-corrected chi connectivity index (χ1v) is 9.19. The Hall–Kier alpha value is -2.93. The molecule has 0 unspecified atom stereocenters. The maximum absolute atomic E-state index is 12.0. The minimum atomic E-state index is -0.473. The molecule has 0 radical (unpaired) electrons. The molecule has 1 fully saturated rings. The summed E-state index contributed by atoms with van der Waals surface area (Å²) in [6, 6.07) is 13.7. The monoisotopic (exact) mass is 368 g/mol. The van der Waals surface area contributed by atoms with E-state index in [-0.39, 0.29) is 11.7 Å². The van der Waals surface area contributed by atoms with E-state index in [1.165, 1.54) is 62.2 Å². The Morgan fingerprint density at radius 3 is 2.22 bits per heavy atom. The Morgan fingerprint density at radius 1 is 0.963 bits per heavy atom. The molecule has 2 aromatic carbocycles. The number of likely N-dealkylation sites (tertiary alicyclic amines) is 1. The van der Waals surface area contributed by atoms with Gasteiger partial charge in [0.15, 0.2) is 0 Å². The minimum Gasteiger partial charge on any atom is -0.334 e. The summed E-state index contributed by atoms with van der Waals surface area (Å²) >= 11 is 0. The Morgan fingerprint density at radius 2 is 1.59 bits per heavy atom. The van der Waals surface area contributed by atoms with E-state index in [1.54, 1.807) is 0 Å². The average Bonchev–Trinajstić information content (AvgIpc) is 2.69. The summed E-state index contributed by atoms with van der Waals surface area (Å²) in [5.41, 5.74) is 2.81. The summed E-state index contributed by atoms with van der Waals surface area (Å²) in [6.45, 7) is 3.75. The largest absolute Gasteiger partial charge is 0.334 e. The highest BCUT2D eigenvalue weighted by Crippen LogP contribution is 2.16. The lowest BCUT2D eigenvalue weighted by molar-refractivity contribution is -0.384. The SMILES string of the molecule is O=C(NCc1ccc(CN2CCCCC2)cc1)Nc1ccc([N+](=O)[O-])cc1. The first-order valence-electron chi connectivity index (χ1n) is 9.19. The van der Waals surface area contributed by atoms with E-state index in [2.05, 4.69) is 27.7 Å². The van der Waals surface area contributed by atoms with Gasteiger partial charge in [-0.05, 0) is 49.2 Å². The maximum atomic E-state index is 12.0. The second-order valence-electron chi connectivity index (χ2n) is 6.76. The number of hydrogen-bond donors (Lipinski definition) is 2. The molecule has 1 aliphatic rings. The molecule has 1 saturated heterocycles. The van der Waals surface area contributed by atoms with Crippen molar-refractivity contribution in [3.05, 3.63) is 69.8 Å². The molecule has 0 aromatic heterocycles. The highest BCUT2D eigenvalue weighted by molar-refractivity contribution is 5.89. The minimum absolute atomic E-state index is 0.00870. The molecule has 0 bridgehead atoms. The van der Waals surface area contributed by atoms with Crippen molar-refractivity contribution in [2.75, 3.05) is 18.4 Å². The highest BCUT2D eigenvalue weighted by Gasteiger charge is 2.10. The maximum Gasteiger partial charge on any atom is 0.319 e. The average molecular weight is 368 g/mol. The smallest absolute Gasteiger partial charge is 0.319 e. The molecule has 0 aliphatic carbocycles. The molecule has 27 heavy (non-hydrogen) atoms. The van der Waals surface area contributed by atoms with Gasteiger partial charge < -0.3 is 10.6 Å². The van der Waals surface area contributed by atoms with E-state index in [0.29, 0.717) is 12.2 Å². The molecule has 2 aromatic rings. The molecule has 142 valence electrons. The lowest BCUT2D eigenvalue weighted by Crippen LogP contribution is -2.29. The quantitative estimate of drug-likeness (QED) is 0.598. The number of nitro benzene ring substituents is 1. The van der Waals surface area contributed by atoms with Crippen LogP contribution in [0.25, 0.3) is 0 Å². The van der Waals surface area contributed by atoms with Crippen LogP contribution in [0.3, 0.4) is 0 Å². The molecule has 7 heteroatoms. The topological polar surface area (TPSA) is 87.5 Å². The van der Waals surface area contributed by atoms with Gasteiger partial charge in [-0.25, -0.2) is 4.79 Å². The van der Waals surface area contributed by atoms with Crippen LogP contribution in [0.4, 0.5) is 16.2 Å². The highest BCUT2D eigenvalue weighted by atomic mass is 16.6. The Kier molecular flexibility index (Phi) is 6.38. The molecule has 1 heterocycles. The van der Waals surface area contributed by atoms with Crippen LogP contribution in [0.1, 0.15) is 30.4 Å². The summed E-state index contributed by atoms with van der Waals surface area (Å²) < 4.78 is 0. The van der Waals surface area contributed by atoms with E-state index in [4.69, 9.17) is 0 Å². The number of nitro groups is 1. The fraction of sp³-hybridized carbons (Fsp3) is 0.350. The van der Waals surface area contributed by atoms with Gasteiger partial charge in [0.05, 0.1) is 4.92 Å². The van der Waals surface area contributed by atoms with E-state index < -0.39 is 4.92 Å². The molecular formula is C20H24N4O3. The van der Waals surface area contributed by atoms with Gasteiger partial charge in [0.25, 0.3) is 5.69 Å². The third-order valence-electron chi connectivity index (χ3n) is 4.67. The molecule has 7 nitrogen and oxygen atoms in total. The third-order valence-corrected chi connectivity index (χ3v) is 4.67. The van der Waals surface area contributed by atoms with Gasteiger partial charge in [-0.1, -0.05) is 30.7 Å². The van der Waals surface area contributed by atoms with Crippen molar-refractivity contribution in [3.8, 4) is 0 Å². The van der Waals surface area contributed by atoms with Crippen LogP contribution in [0.15, 0.2) is 48.5 Å². The van der Waals surface area contributed by atoms with Gasteiger partial charge in [0, 0.05) is 30.9 Å². The van der Waals surface area contributed by atoms with Crippen molar-refractivity contribution in [1.29, 1.82) is 0 Å². The van der Waals surface area contributed by atoms with Crippen LogP contribution in [0.5, 0.6) is 0 Å². The van der Waals surface area contributed by atoms with Crippen LogP contribution in [0, 0.1) is 10.1 Å². The van der Waals surface area contributed by atoms with Crippen LogP contribution >= 0.6 is 0 Å². The molecular weight excluding hydrogens is 344 g/mol. The number of nitrogens with zero attached hydrogens (tertiary/aromatic N) is 2.